The van der Waals surface area contributed by atoms with Gasteiger partial charge in [0.1, 0.15) is 0 Å². The molecule has 0 aliphatic carbocycles. The Balaban J connectivity index is 1.76. The van der Waals surface area contributed by atoms with Crippen LogP contribution in [-0.2, 0) is 10.0 Å². The van der Waals surface area contributed by atoms with E-state index in [-0.39, 0.29) is 21.4 Å². The number of nitrogens with one attached hydrogen (secondary N) is 2. The lowest BCUT2D eigenvalue weighted by Gasteiger charge is -2.30. The molecule has 2 aliphatic heterocycles. The number of nitrogens with zero attached hydrogens (tertiary/aromatic N) is 2. The van der Waals surface area contributed by atoms with Crippen molar-refractivity contribution in [1.29, 1.82) is 0 Å². The fraction of sp³-hybridized carbons (Fsp3) is 0.588. The van der Waals surface area contributed by atoms with Gasteiger partial charge in [0.15, 0.2) is 0 Å². The molecule has 7 nitrogen and oxygen atoms in total. The second-order valence-corrected chi connectivity index (χ2v) is 10.2. The summed E-state index contributed by atoms with van der Waals surface area (Å²) in [6, 6.07) is 3.29. The Morgan fingerprint density at radius 1 is 1.00 bits per heavy atom. The van der Waals surface area contributed by atoms with Crippen LogP contribution in [0.5, 0.6) is 0 Å². The minimum Gasteiger partial charge on any atom is -0.306 e. The highest BCUT2D eigenvalue weighted by Gasteiger charge is 2.59. The zero-order valence-corrected chi connectivity index (χ0v) is 15.8. The summed E-state index contributed by atoms with van der Waals surface area (Å²) in [6.07, 6.45) is 0. The lowest BCUT2D eigenvalue weighted by molar-refractivity contribution is 0.212. The zero-order chi connectivity index (χ0) is 18.2. The van der Waals surface area contributed by atoms with Gasteiger partial charge in [-0.3, -0.25) is 0 Å². The van der Waals surface area contributed by atoms with Gasteiger partial charge in [-0.05, 0) is 31.7 Å². The highest BCUT2D eigenvalue weighted by Crippen LogP contribution is 2.52. The molecule has 3 heterocycles. The van der Waals surface area contributed by atoms with Crippen molar-refractivity contribution in [3.63, 3.8) is 0 Å². The van der Waals surface area contributed by atoms with Gasteiger partial charge in [0.05, 0.1) is 15.9 Å². The average molecular weight is 364 g/mol. The summed E-state index contributed by atoms with van der Waals surface area (Å²) in [5, 5.41) is 0. The first-order valence-electron chi connectivity index (χ1n) is 8.46. The van der Waals surface area contributed by atoms with Crippen molar-refractivity contribution in [2.45, 2.75) is 25.7 Å². The van der Waals surface area contributed by atoms with Gasteiger partial charge in [-0.1, -0.05) is 13.8 Å². The number of likely N-dealkylation sites (tertiary alicyclic amines) is 1. The molecule has 2 fully saturated rings. The summed E-state index contributed by atoms with van der Waals surface area (Å²) in [6.45, 7) is 9.00. The van der Waals surface area contributed by atoms with Crippen molar-refractivity contribution < 1.29 is 8.42 Å². The first-order valence-corrected chi connectivity index (χ1v) is 9.90. The lowest BCUT2D eigenvalue weighted by atomic mass is 9.71. The monoisotopic (exact) mass is 364 g/mol. The summed E-state index contributed by atoms with van der Waals surface area (Å²) in [7, 11) is -1.52. The Morgan fingerprint density at radius 3 is 2.08 bits per heavy atom. The van der Waals surface area contributed by atoms with E-state index in [0.29, 0.717) is 29.7 Å². The van der Waals surface area contributed by atoms with E-state index in [4.69, 9.17) is 0 Å². The van der Waals surface area contributed by atoms with Crippen molar-refractivity contribution in [2.75, 3.05) is 33.2 Å². The van der Waals surface area contributed by atoms with Crippen LogP contribution in [0.2, 0.25) is 0 Å². The molecular weight excluding hydrogens is 340 g/mol. The van der Waals surface area contributed by atoms with E-state index in [2.05, 4.69) is 35.8 Å². The van der Waals surface area contributed by atoms with Crippen molar-refractivity contribution in [1.82, 2.24) is 19.2 Å². The van der Waals surface area contributed by atoms with Crippen LogP contribution in [0.3, 0.4) is 0 Å². The number of rotatable bonds is 2. The molecule has 2 N–H and O–H groups in total. The maximum Gasteiger partial charge on any atom is 0.323 e. The van der Waals surface area contributed by atoms with Crippen molar-refractivity contribution in [2.24, 2.45) is 10.8 Å². The predicted molar refractivity (Wildman–Crippen MR) is 96.1 cm³/mol. The SMILES string of the molecule is Cc1cc2[nH]c(=O)[nH]c2cc1S(=O)(=O)N1CC2(C)CN(C)CC2(C)C1. The number of sulfonamides is 1. The highest BCUT2D eigenvalue weighted by molar-refractivity contribution is 7.89. The average Bonchev–Trinajstić information content (AvgIpc) is 3.01. The largest absolute Gasteiger partial charge is 0.323 e. The first-order chi connectivity index (χ1) is 11.5. The number of H-pyrrole nitrogens is 2. The molecule has 2 saturated heterocycles. The van der Waals surface area contributed by atoms with E-state index in [0.717, 1.165) is 13.1 Å². The number of fused-ring (bicyclic) bond motifs is 2. The van der Waals surface area contributed by atoms with Crippen molar-refractivity contribution in [3.05, 3.63) is 28.2 Å². The van der Waals surface area contributed by atoms with Gasteiger partial charge in [0.25, 0.3) is 0 Å². The molecule has 0 spiro atoms. The van der Waals surface area contributed by atoms with Crippen LogP contribution in [0.1, 0.15) is 19.4 Å². The zero-order valence-electron chi connectivity index (χ0n) is 15.0. The molecule has 25 heavy (non-hydrogen) atoms. The number of aryl methyl sites for hydroxylation is 1. The minimum atomic E-state index is -3.61. The van der Waals surface area contributed by atoms with Crippen LogP contribution < -0.4 is 5.69 Å². The predicted octanol–water partition coefficient (Wildman–Crippen LogP) is 1.13. The summed E-state index contributed by atoms with van der Waals surface area (Å²) in [5.41, 5.74) is 1.37. The molecule has 2 aliphatic rings. The molecule has 1 aromatic heterocycles. The summed E-state index contributed by atoms with van der Waals surface area (Å²) >= 11 is 0. The van der Waals surface area contributed by atoms with Crippen LogP contribution in [0.15, 0.2) is 21.8 Å². The van der Waals surface area contributed by atoms with Crippen LogP contribution in [0.25, 0.3) is 11.0 Å². The molecule has 2 atom stereocenters. The highest BCUT2D eigenvalue weighted by atomic mass is 32.2. The van der Waals surface area contributed by atoms with E-state index in [9.17, 15) is 13.2 Å². The normalized spacial score (nSPS) is 31.0. The van der Waals surface area contributed by atoms with Gasteiger partial charge >= 0.3 is 5.69 Å². The lowest BCUT2D eigenvalue weighted by Crippen LogP contribution is -2.35. The fourth-order valence-electron chi connectivity index (χ4n) is 4.70. The molecule has 0 saturated carbocycles. The maximum atomic E-state index is 13.3. The standard InChI is InChI=1S/C17H24N4O3S/c1-11-5-12-13(19-15(22)18-12)6-14(11)25(23,24)21-9-16(2)7-20(4)8-17(16,3)10-21/h5-6H,7-10H2,1-4H3,(H2,18,19,22). The maximum absolute atomic E-state index is 13.3. The molecular formula is C17H24N4O3S. The van der Waals surface area contributed by atoms with E-state index in [1.807, 2.05) is 0 Å². The fourth-order valence-corrected chi connectivity index (χ4v) is 6.62. The van der Waals surface area contributed by atoms with Gasteiger partial charge in [0.2, 0.25) is 10.0 Å². The Hall–Kier alpha value is -1.64. The third kappa shape index (κ3) is 2.31. The summed E-state index contributed by atoms with van der Waals surface area (Å²) in [4.78, 5) is 19.4. The molecule has 8 heteroatoms. The van der Waals surface area contributed by atoms with Gasteiger partial charge in [0, 0.05) is 37.0 Å². The van der Waals surface area contributed by atoms with Crippen LogP contribution in [-0.4, -0.2) is 60.8 Å². The van der Waals surface area contributed by atoms with Crippen LogP contribution in [0, 0.1) is 17.8 Å². The molecule has 0 bridgehead atoms. The number of hydrogen-bond donors (Lipinski definition) is 2. The van der Waals surface area contributed by atoms with E-state index >= 15 is 0 Å². The molecule has 1 aromatic carbocycles. The first kappa shape index (κ1) is 16.8. The third-order valence-electron chi connectivity index (χ3n) is 6.17. The number of benzene rings is 1. The second kappa shape index (κ2) is 4.96. The molecule has 4 rings (SSSR count). The number of aromatic nitrogens is 2. The van der Waals surface area contributed by atoms with E-state index in [1.165, 1.54) is 0 Å². The molecule has 0 amide bonds. The topological polar surface area (TPSA) is 89.3 Å². The number of aromatic amines is 2. The quantitative estimate of drug-likeness (QED) is 0.836. The van der Waals surface area contributed by atoms with Crippen LogP contribution in [0.4, 0.5) is 0 Å². The van der Waals surface area contributed by atoms with Gasteiger partial charge in [-0.15, -0.1) is 0 Å². The Labute approximate surface area is 147 Å². The second-order valence-electron chi connectivity index (χ2n) is 8.31. The van der Waals surface area contributed by atoms with Crippen molar-refractivity contribution in [3.8, 4) is 0 Å². The Kier molecular flexibility index (Phi) is 3.33. The smallest absolute Gasteiger partial charge is 0.306 e. The summed E-state index contributed by atoms with van der Waals surface area (Å²) < 4.78 is 28.2. The van der Waals surface area contributed by atoms with Gasteiger partial charge in [-0.25, -0.2) is 13.2 Å². The van der Waals surface area contributed by atoms with E-state index < -0.39 is 10.0 Å². The van der Waals surface area contributed by atoms with Crippen molar-refractivity contribution >= 4 is 21.1 Å². The molecule has 2 unspecified atom stereocenters. The number of hydrogen-bond acceptors (Lipinski definition) is 4. The molecule has 0 radical (unpaired) electrons. The number of imidazole rings is 1. The third-order valence-corrected chi connectivity index (χ3v) is 8.11. The summed E-state index contributed by atoms with van der Waals surface area (Å²) in [5.74, 6) is 0. The van der Waals surface area contributed by atoms with Gasteiger partial charge < -0.3 is 14.9 Å². The molecule has 136 valence electrons. The van der Waals surface area contributed by atoms with Gasteiger partial charge in [-0.2, -0.15) is 4.31 Å². The van der Waals surface area contributed by atoms with Crippen LogP contribution >= 0.6 is 0 Å². The minimum absolute atomic E-state index is 0.0464. The molecule has 2 aromatic rings. The van der Waals surface area contributed by atoms with E-state index in [1.54, 1.807) is 23.4 Å². The Bertz CT molecular complexity index is 1000. The Morgan fingerprint density at radius 2 is 1.52 bits per heavy atom.